The molecule has 0 spiro atoms. The summed E-state index contributed by atoms with van der Waals surface area (Å²) in [5.41, 5.74) is 5.86. The van der Waals surface area contributed by atoms with Crippen LogP contribution in [0.25, 0.3) is 0 Å². The van der Waals surface area contributed by atoms with Crippen molar-refractivity contribution in [2.24, 2.45) is 0 Å². The van der Waals surface area contributed by atoms with Crippen LogP contribution in [0.3, 0.4) is 0 Å². The first-order valence-electron chi connectivity index (χ1n) is 8.69. The van der Waals surface area contributed by atoms with Gasteiger partial charge >= 0.3 is 0 Å². The van der Waals surface area contributed by atoms with E-state index in [9.17, 15) is 4.79 Å². The number of hydrogen-bond acceptors (Lipinski definition) is 2. The lowest BCUT2D eigenvalue weighted by Crippen LogP contribution is -2.30. The average Bonchev–Trinajstić information content (AvgIpc) is 2.53. The van der Waals surface area contributed by atoms with Crippen LogP contribution in [0.15, 0.2) is 36.4 Å². The van der Waals surface area contributed by atoms with Gasteiger partial charge in [-0.25, -0.2) is 0 Å². The lowest BCUT2D eigenvalue weighted by atomic mass is 9.92. The molecular formula is C21H25NO2. The molecule has 3 heteroatoms. The molecule has 1 aliphatic carbocycles. The minimum atomic E-state index is -0.535. The normalized spacial score (nSPS) is 14.6. The van der Waals surface area contributed by atoms with Crippen LogP contribution in [0.5, 0.6) is 5.75 Å². The molecule has 126 valence electrons. The predicted molar refractivity (Wildman–Crippen MR) is 97.7 cm³/mol. The second-order valence-corrected chi connectivity index (χ2v) is 6.76. The maximum Gasteiger partial charge on any atom is 0.265 e. The zero-order valence-corrected chi connectivity index (χ0v) is 14.7. The number of rotatable bonds is 4. The smallest absolute Gasteiger partial charge is 0.265 e. The van der Waals surface area contributed by atoms with E-state index < -0.39 is 6.10 Å². The highest BCUT2D eigenvalue weighted by Crippen LogP contribution is 2.26. The Bertz CT molecular complexity index is 731. The zero-order valence-electron chi connectivity index (χ0n) is 14.7. The summed E-state index contributed by atoms with van der Waals surface area (Å²) in [6, 6.07) is 12.2. The maximum atomic E-state index is 12.4. The van der Waals surface area contributed by atoms with E-state index in [1.807, 2.05) is 32.0 Å². The second-order valence-electron chi connectivity index (χ2n) is 6.76. The molecule has 1 unspecified atom stereocenters. The number of amides is 1. The quantitative estimate of drug-likeness (QED) is 0.894. The van der Waals surface area contributed by atoms with Crippen LogP contribution in [0.2, 0.25) is 0 Å². The second kappa shape index (κ2) is 7.08. The zero-order chi connectivity index (χ0) is 17.1. The summed E-state index contributed by atoms with van der Waals surface area (Å²) in [4.78, 5) is 12.4. The first kappa shape index (κ1) is 16.6. The molecule has 0 aliphatic heterocycles. The average molecular weight is 323 g/mol. The molecule has 24 heavy (non-hydrogen) atoms. The predicted octanol–water partition coefficient (Wildman–Crippen LogP) is 4.59. The van der Waals surface area contributed by atoms with E-state index in [-0.39, 0.29) is 5.91 Å². The molecule has 2 aromatic rings. The van der Waals surface area contributed by atoms with Crippen LogP contribution in [-0.2, 0) is 17.6 Å². The molecule has 1 aliphatic rings. The van der Waals surface area contributed by atoms with E-state index in [0.29, 0.717) is 0 Å². The molecule has 0 fully saturated rings. The van der Waals surface area contributed by atoms with Gasteiger partial charge in [-0.2, -0.15) is 0 Å². The Kier molecular flexibility index (Phi) is 4.89. The molecule has 1 atom stereocenters. The van der Waals surface area contributed by atoms with E-state index in [1.54, 1.807) is 6.92 Å². The number of fused-ring (bicyclic) bond motifs is 1. The third-order valence-electron chi connectivity index (χ3n) is 4.49. The van der Waals surface area contributed by atoms with Gasteiger partial charge in [0.15, 0.2) is 6.10 Å². The Balaban J connectivity index is 1.65. The molecule has 0 saturated carbocycles. The van der Waals surface area contributed by atoms with E-state index in [4.69, 9.17) is 4.74 Å². The van der Waals surface area contributed by atoms with Gasteiger partial charge in [-0.05, 0) is 93.0 Å². The molecule has 1 amide bonds. The number of carbonyl (C=O) groups is 1. The number of aryl methyl sites for hydroxylation is 4. The van der Waals surface area contributed by atoms with E-state index in [0.717, 1.165) is 35.4 Å². The van der Waals surface area contributed by atoms with Crippen LogP contribution in [0.1, 0.15) is 42.0 Å². The Morgan fingerprint density at radius 1 is 1.00 bits per heavy atom. The monoisotopic (exact) mass is 323 g/mol. The fourth-order valence-electron chi connectivity index (χ4n) is 3.33. The number of anilines is 1. The minimum Gasteiger partial charge on any atom is -0.481 e. The highest BCUT2D eigenvalue weighted by Gasteiger charge is 2.17. The third-order valence-corrected chi connectivity index (χ3v) is 4.49. The fourth-order valence-corrected chi connectivity index (χ4v) is 3.33. The molecule has 0 heterocycles. The Morgan fingerprint density at radius 2 is 1.67 bits per heavy atom. The molecule has 2 aromatic carbocycles. The number of hydrogen-bond donors (Lipinski definition) is 1. The summed E-state index contributed by atoms with van der Waals surface area (Å²) in [6.07, 6.45) is 4.22. The van der Waals surface area contributed by atoms with Crippen molar-refractivity contribution >= 4 is 11.6 Å². The first-order valence-corrected chi connectivity index (χ1v) is 8.69. The molecule has 0 aromatic heterocycles. The van der Waals surface area contributed by atoms with Crippen LogP contribution in [0, 0.1) is 13.8 Å². The van der Waals surface area contributed by atoms with Crippen molar-refractivity contribution in [3.63, 3.8) is 0 Å². The molecule has 0 radical (unpaired) electrons. The van der Waals surface area contributed by atoms with Crippen molar-refractivity contribution in [1.29, 1.82) is 0 Å². The standard InChI is InChI=1S/C21H25NO2/c1-14-10-15(2)12-19(11-14)22-21(23)16(3)24-20-9-8-17-6-4-5-7-18(17)13-20/h8-13,16H,4-7H2,1-3H3,(H,22,23). The van der Waals surface area contributed by atoms with Gasteiger partial charge in [0.25, 0.3) is 5.91 Å². The molecule has 3 nitrogen and oxygen atoms in total. The third kappa shape index (κ3) is 3.97. The van der Waals surface area contributed by atoms with Crippen molar-refractivity contribution in [2.45, 2.75) is 52.6 Å². The maximum absolute atomic E-state index is 12.4. The Labute approximate surface area is 144 Å². The molecule has 0 bridgehead atoms. The Hall–Kier alpha value is -2.29. The van der Waals surface area contributed by atoms with Gasteiger partial charge < -0.3 is 10.1 Å². The summed E-state index contributed by atoms with van der Waals surface area (Å²) in [6.45, 7) is 5.84. The minimum absolute atomic E-state index is 0.127. The molecular weight excluding hydrogens is 298 g/mol. The fraction of sp³-hybridized carbons (Fsp3) is 0.381. The highest BCUT2D eigenvalue weighted by atomic mass is 16.5. The number of nitrogens with one attached hydrogen (secondary N) is 1. The van der Waals surface area contributed by atoms with Gasteiger partial charge in [-0.1, -0.05) is 12.1 Å². The number of ether oxygens (including phenoxy) is 1. The summed E-state index contributed by atoms with van der Waals surface area (Å²) in [7, 11) is 0. The lowest BCUT2D eigenvalue weighted by molar-refractivity contribution is -0.122. The SMILES string of the molecule is Cc1cc(C)cc(NC(=O)C(C)Oc2ccc3c(c2)CCCC3)c1. The van der Waals surface area contributed by atoms with Crippen molar-refractivity contribution in [2.75, 3.05) is 5.32 Å². The summed E-state index contributed by atoms with van der Waals surface area (Å²) in [5, 5.41) is 2.94. The van der Waals surface area contributed by atoms with Crippen LogP contribution in [0.4, 0.5) is 5.69 Å². The number of benzene rings is 2. The summed E-state index contributed by atoms with van der Waals surface area (Å²) >= 11 is 0. The Morgan fingerprint density at radius 3 is 2.38 bits per heavy atom. The first-order chi connectivity index (χ1) is 11.5. The van der Waals surface area contributed by atoms with Crippen LogP contribution in [-0.4, -0.2) is 12.0 Å². The molecule has 1 N–H and O–H groups in total. The van der Waals surface area contributed by atoms with Crippen LogP contribution < -0.4 is 10.1 Å². The highest BCUT2D eigenvalue weighted by molar-refractivity contribution is 5.94. The number of carbonyl (C=O) groups excluding carboxylic acids is 1. The van der Waals surface area contributed by atoms with Gasteiger partial charge in [0.05, 0.1) is 0 Å². The summed E-state index contributed by atoms with van der Waals surface area (Å²) < 4.78 is 5.86. The van der Waals surface area contributed by atoms with Crippen molar-refractivity contribution < 1.29 is 9.53 Å². The van der Waals surface area contributed by atoms with E-state index in [1.165, 1.54) is 24.0 Å². The van der Waals surface area contributed by atoms with Gasteiger partial charge in [-0.15, -0.1) is 0 Å². The molecule has 3 rings (SSSR count). The van der Waals surface area contributed by atoms with Crippen molar-refractivity contribution in [3.8, 4) is 5.75 Å². The van der Waals surface area contributed by atoms with Crippen molar-refractivity contribution in [1.82, 2.24) is 0 Å². The van der Waals surface area contributed by atoms with Crippen molar-refractivity contribution in [3.05, 3.63) is 58.7 Å². The topological polar surface area (TPSA) is 38.3 Å². The van der Waals surface area contributed by atoms with Gasteiger partial charge in [0, 0.05) is 5.69 Å². The lowest BCUT2D eigenvalue weighted by Gasteiger charge is -2.19. The van der Waals surface area contributed by atoms with Crippen LogP contribution >= 0.6 is 0 Å². The van der Waals surface area contributed by atoms with Gasteiger partial charge in [0.2, 0.25) is 0 Å². The summed E-state index contributed by atoms with van der Waals surface area (Å²) in [5.74, 6) is 0.649. The largest absolute Gasteiger partial charge is 0.481 e. The van der Waals surface area contributed by atoms with E-state index in [2.05, 4.69) is 23.5 Å². The van der Waals surface area contributed by atoms with E-state index >= 15 is 0 Å². The van der Waals surface area contributed by atoms with Gasteiger partial charge in [-0.3, -0.25) is 4.79 Å². The molecule has 0 saturated heterocycles. The van der Waals surface area contributed by atoms with Gasteiger partial charge in [0.1, 0.15) is 5.75 Å².